The molecule has 0 aliphatic carbocycles. The summed E-state index contributed by atoms with van der Waals surface area (Å²) in [5.74, 6) is 2.29. The van der Waals surface area contributed by atoms with Crippen molar-refractivity contribution >= 4 is 5.96 Å². The van der Waals surface area contributed by atoms with Crippen LogP contribution in [0, 0.1) is 0 Å². The van der Waals surface area contributed by atoms with E-state index in [1.807, 2.05) is 19.2 Å². The fourth-order valence-electron chi connectivity index (χ4n) is 3.42. The van der Waals surface area contributed by atoms with Gasteiger partial charge in [0.05, 0.1) is 6.54 Å². The molecule has 1 fully saturated rings. The molecule has 0 amide bonds. The Labute approximate surface area is 164 Å². The predicted molar refractivity (Wildman–Crippen MR) is 115 cm³/mol. The molecule has 2 rings (SSSR count). The Hall–Kier alpha value is -2.01. The van der Waals surface area contributed by atoms with E-state index in [9.17, 15) is 0 Å². The maximum atomic E-state index is 5.97. The van der Waals surface area contributed by atoms with Gasteiger partial charge >= 0.3 is 0 Å². The molecule has 0 spiro atoms. The third-order valence-electron chi connectivity index (χ3n) is 4.84. The Kier molecular flexibility index (Phi) is 8.65. The number of benzene rings is 1. The lowest BCUT2D eigenvalue weighted by Crippen LogP contribution is -2.49. The van der Waals surface area contributed by atoms with E-state index in [-0.39, 0.29) is 0 Å². The summed E-state index contributed by atoms with van der Waals surface area (Å²) in [5.41, 5.74) is 2.49. The minimum atomic E-state index is 0.458. The van der Waals surface area contributed by atoms with Crippen molar-refractivity contribution in [2.45, 2.75) is 45.6 Å². The normalized spacial score (nSPS) is 16.4. The van der Waals surface area contributed by atoms with Gasteiger partial charge < -0.3 is 15.4 Å². The molecule has 0 radical (unpaired) electrons. The zero-order valence-corrected chi connectivity index (χ0v) is 17.4. The largest absolute Gasteiger partial charge is 0.491 e. The number of ether oxygens (including phenoxy) is 1. The molecule has 27 heavy (non-hydrogen) atoms. The summed E-state index contributed by atoms with van der Waals surface area (Å²) in [5, 5.41) is 6.91. The first kappa shape index (κ1) is 21.3. The molecule has 1 aliphatic rings. The van der Waals surface area contributed by atoms with Crippen molar-refractivity contribution in [3.63, 3.8) is 0 Å². The van der Waals surface area contributed by atoms with Gasteiger partial charge in [-0.15, -0.1) is 0 Å². The second-order valence-corrected chi connectivity index (χ2v) is 7.69. The van der Waals surface area contributed by atoms with Crippen LogP contribution >= 0.6 is 0 Å². The fraction of sp³-hybridized carbons (Fsp3) is 0.591. The van der Waals surface area contributed by atoms with Crippen LogP contribution in [0.25, 0.3) is 0 Å². The number of guanidine groups is 1. The van der Waals surface area contributed by atoms with Crippen LogP contribution in [0.2, 0.25) is 0 Å². The highest BCUT2D eigenvalue weighted by atomic mass is 16.5. The van der Waals surface area contributed by atoms with Gasteiger partial charge in [0.1, 0.15) is 12.4 Å². The molecule has 2 N–H and O–H groups in total. The van der Waals surface area contributed by atoms with Gasteiger partial charge in [0, 0.05) is 32.7 Å². The third-order valence-corrected chi connectivity index (χ3v) is 4.84. The van der Waals surface area contributed by atoms with Crippen molar-refractivity contribution in [2.75, 3.05) is 39.8 Å². The summed E-state index contributed by atoms with van der Waals surface area (Å²) in [6.07, 6.45) is 2.26. The highest BCUT2D eigenvalue weighted by molar-refractivity contribution is 5.79. The first-order valence-corrected chi connectivity index (χ1v) is 10.0. The van der Waals surface area contributed by atoms with Crippen LogP contribution < -0.4 is 15.4 Å². The monoisotopic (exact) mass is 372 g/mol. The van der Waals surface area contributed by atoms with Gasteiger partial charge in [-0.25, -0.2) is 0 Å². The minimum absolute atomic E-state index is 0.458. The van der Waals surface area contributed by atoms with Crippen LogP contribution in [0.4, 0.5) is 0 Å². The Morgan fingerprint density at radius 1 is 1.30 bits per heavy atom. The molecule has 150 valence electrons. The number of para-hydroxylation sites is 1. The average molecular weight is 373 g/mol. The van der Waals surface area contributed by atoms with E-state index in [1.165, 1.54) is 11.1 Å². The molecular formula is C22H36N4O. The number of aliphatic imine (C=N–C) groups is 1. The summed E-state index contributed by atoms with van der Waals surface area (Å²) in [6.45, 7) is 15.0. The lowest BCUT2D eigenvalue weighted by molar-refractivity contribution is 0.221. The SMILES string of the molecule is C=C(C)CN1CCC(NC(=NC)NCCOc2ccccc2C(C)C)CC1. The second kappa shape index (κ2) is 11.0. The van der Waals surface area contributed by atoms with Crippen LogP contribution in [0.15, 0.2) is 41.4 Å². The van der Waals surface area contributed by atoms with E-state index in [0.717, 1.165) is 50.7 Å². The summed E-state index contributed by atoms with van der Waals surface area (Å²) >= 11 is 0. The molecule has 5 nitrogen and oxygen atoms in total. The molecule has 5 heteroatoms. The van der Waals surface area contributed by atoms with Gasteiger partial charge in [0.15, 0.2) is 5.96 Å². The topological polar surface area (TPSA) is 48.9 Å². The molecule has 0 bridgehead atoms. The van der Waals surface area contributed by atoms with Crippen molar-refractivity contribution in [1.82, 2.24) is 15.5 Å². The van der Waals surface area contributed by atoms with Crippen LogP contribution in [0.5, 0.6) is 5.75 Å². The van der Waals surface area contributed by atoms with Crippen LogP contribution in [0.1, 0.15) is 45.1 Å². The molecule has 1 aromatic carbocycles. The van der Waals surface area contributed by atoms with Crippen molar-refractivity contribution in [3.8, 4) is 5.75 Å². The van der Waals surface area contributed by atoms with Gasteiger partial charge in [-0.05, 0) is 37.3 Å². The van der Waals surface area contributed by atoms with Gasteiger partial charge in [0.2, 0.25) is 0 Å². The number of rotatable bonds is 8. The van der Waals surface area contributed by atoms with Crippen molar-refractivity contribution in [3.05, 3.63) is 42.0 Å². The first-order chi connectivity index (χ1) is 13.0. The highest BCUT2D eigenvalue weighted by Gasteiger charge is 2.19. The van der Waals surface area contributed by atoms with Gasteiger partial charge in [-0.2, -0.15) is 0 Å². The van der Waals surface area contributed by atoms with E-state index in [1.54, 1.807) is 0 Å². The molecule has 1 heterocycles. The number of nitrogens with zero attached hydrogens (tertiary/aromatic N) is 2. The number of hydrogen-bond donors (Lipinski definition) is 2. The summed E-state index contributed by atoms with van der Waals surface area (Å²) in [4.78, 5) is 6.82. The lowest BCUT2D eigenvalue weighted by Gasteiger charge is -2.33. The summed E-state index contributed by atoms with van der Waals surface area (Å²) < 4.78 is 5.97. The van der Waals surface area contributed by atoms with Gasteiger partial charge in [0.25, 0.3) is 0 Å². The molecule has 0 saturated carbocycles. The lowest BCUT2D eigenvalue weighted by atomic mass is 10.0. The van der Waals surface area contributed by atoms with Gasteiger partial charge in [-0.1, -0.05) is 44.2 Å². The highest BCUT2D eigenvalue weighted by Crippen LogP contribution is 2.25. The Morgan fingerprint density at radius 2 is 2.00 bits per heavy atom. The maximum absolute atomic E-state index is 5.97. The van der Waals surface area contributed by atoms with Gasteiger partial charge in [-0.3, -0.25) is 9.89 Å². The number of hydrogen-bond acceptors (Lipinski definition) is 3. The van der Waals surface area contributed by atoms with E-state index >= 15 is 0 Å². The molecule has 0 unspecified atom stereocenters. The summed E-state index contributed by atoms with van der Waals surface area (Å²) in [7, 11) is 1.82. The van der Waals surface area contributed by atoms with E-state index < -0.39 is 0 Å². The first-order valence-electron chi connectivity index (χ1n) is 10.0. The average Bonchev–Trinajstić information content (AvgIpc) is 2.65. The van der Waals surface area contributed by atoms with Crippen LogP contribution in [-0.2, 0) is 0 Å². The van der Waals surface area contributed by atoms with Crippen LogP contribution in [-0.4, -0.2) is 56.7 Å². The molecule has 1 aliphatic heterocycles. The Balaban J connectivity index is 1.70. The van der Waals surface area contributed by atoms with E-state index in [4.69, 9.17) is 4.74 Å². The minimum Gasteiger partial charge on any atom is -0.491 e. The van der Waals surface area contributed by atoms with E-state index in [2.05, 4.69) is 60.0 Å². The zero-order chi connectivity index (χ0) is 19.6. The molecule has 0 aromatic heterocycles. The standard InChI is InChI=1S/C22H36N4O/c1-17(2)16-26-13-10-19(11-14-26)25-22(23-5)24-12-15-27-21-9-7-6-8-20(21)18(3)4/h6-9,18-19H,1,10-16H2,2-5H3,(H2,23,24,25). The molecule has 1 aromatic rings. The number of likely N-dealkylation sites (tertiary alicyclic amines) is 1. The van der Waals surface area contributed by atoms with Crippen molar-refractivity contribution < 1.29 is 4.74 Å². The Bertz CT molecular complexity index is 618. The Morgan fingerprint density at radius 3 is 2.63 bits per heavy atom. The quantitative estimate of drug-likeness (QED) is 0.318. The summed E-state index contributed by atoms with van der Waals surface area (Å²) in [6, 6.07) is 8.73. The number of nitrogens with one attached hydrogen (secondary N) is 2. The maximum Gasteiger partial charge on any atom is 0.191 e. The molecule has 1 saturated heterocycles. The third kappa shape index (κ3) is 7.25. The smallest absolute Gasteiger partial charge is 0.191 e. The molecule has 0 atom stereocenters. The molecular weight excluding hydrogens is 336 g/mol. The second-order valence-electron chi connectivity index (χ2n) is 7.69. The van der Waals surface area contributed by atoms with Crippen molar-refractivity contribution in [2.24, 2.45) is 4.99 Å². The zero-order valence-electron chi connectivity index (χ0n) is 17.4. The fourth-order valence-corrected chi connectivity index (χ4v) is 3.42. The van der Waals surface area contributed by atoms with Crippen LogP contribution in [0.3, 0.4) is 0 Å². The van der Waals surface area contributed by atoms with Crippen molar-refractivity contribution in [1.29, 1.82) is 0 Å². The number of piperidine rings is 1. The predicted octanol–water partition coefficient (Wildman–Crippen LogP) is 3.39. The van der Waals surface area contributed by atoms with E-state index in [0.29, 0.717) is 18.6 Å².